The van der Waals surface area contributed by atoms with Gasteiger partial charge in [0.25, 0.3) is 6.43 Å². The molecule has 0 aliphatic carbocycles. The van der Waals surface area contributed by atoms with Crippen molar-refractivity contribution in [3.05, 3.63) is 28.6 Å². The zero-order chi connectivity index (χ0) is 12.3. The van der Waals surface area contributed by atoms with Crippen molar-refractivity contribution in [2.75, 3.05) is 0 Å². The van der Waals surface area contributed by atoms with Crippen LogP contribution >= 0.6 is 0 Å². The van der Waals surface area contributed by atoms with E-state index in [2.05, 4.69) is 4.98 Å². The molecule has 0 amide bonds. The number of carboxylic acid groups (broad SMARTS) is 1. The highest BCUT2D eigenvalue weighted by molar-refractivity contribution is 5.70. The van der Waals surface area contributed by atoms with Gasteiger partial charge in [-0.2, -0.15) is 5.26 Å². The molecule has 0 radical (unpaired) electrons. The molecule has 1 heterocycles. The first-order valence-electron chi connectivity index (χ1n) is 4.36. The molecule has 84 valence electrons. The lowest BCUT2D eigenvalue weighted by atomic mass is 10.1. The van der Waals surface area contributed by atoms with Crippen molar-refractivity contribution < 1.29 is 18.7 Å². The van der Waals surface area contributed by atoms with Gasteiger partial charge in [0.05, 0.1) is 17.7 Å². The topological polar surface area (TPSA) is 74.0 Å². The molecule has 0 unspecified atom stereocenters. The maximum absolute atomic E-state index is 12.5. The minimum atomic E-state index is -2.79. The summed E-state index contributed by atoms with van der Waals surface area (Å²) < 4.78 is 25.0. The van der Waals surface area contributed by atoms with E-state index in [-0.39, 0.29) is 12.1 Å². The van der Waals surface area contributed by atoms with Gasteiger partial charge in [0.15, 0.2) is 0 Å². The number of nitrogens with zero attached hydrogens (tertiary/aromatic N) is 2. The number of carbonyl (C=O) groups is 1. The van der Waals surface area contributed by atoms with Crippen molar-refractivity contribution in [3.63, 3.8) is 0 Å². The first-order valence-corrected chi connectivity index (χ1v) is 4.36. The molecule has 1 aromatic heterocycles. The number of nitriles is 1. The molecule has 0 atom stereocenters. The van der Waals surface area contributed by atoms with Crippen LogP contribution in [0.4, 0.5) is 8.78 Å². The lowest BCUT2D eigenvalue weighted by Gasteiger charge is -2.07. The van der Waals surface area contributed by atoms with Gasteiger partial charge in [-0.1, -0.05) is 0 Å². The van der Waals surface area contributed by atoms with Gasteiger partial charge in [0.1, 0.15) is 11.8 Å². The number of halogens is 2. The van der Waals surface area contributed by atoms with Crippen LogP contribution in [0.5, 0.6) is 0 Å². The van der Waals surface area contributed by atoms with Gasteiger partial charge in [-0.15, -0.1) is 0 Å². The minimum absolute atomic E-state index is 0.133. The summed E-state index contributed by atoms with van der Waals surface area (Å²) in [6.45, 7) is 1.48. The van der Waals surface area contributed by atoms with Gasteiger partial charge in [0.2, 0.25) is 0 Å². The van der Waals surface area contributed by atoms with Crippen LogP contribution in [0.3, 0.4) is 0 Å². The Balaban J connectivity index is 3.27. The maximum atomic E-state index is 12.5. The number of pyridine rings is 1. The summed E-state index contributed by atoms with van der Waals surface area (Å²) in [6.07, 6.45) is -3.18. The van der Waals surface area contributed by atoms with Crippen LogP contribution in [0.25, 0.3) is 0 Å². The summed E-state index contributed by atoms with van der Waals surface area (Å²) >= 11 is 0. The van der Waals surface area contributed by atoms with Crippen molar-refractivity contribution in [1.29, 1.82) is 5.26 Å². The smallest absolute Gasteiger partial charge is 0.309 e. The molecule has 1 aromatic rings. The van der Waals surface area contributed by atoms with Crippen LogP contribution in [0, 0.1) is 18.3 Å². The Morgan fingerprint density at radius 3 is 2.75 bits per heavy atom. The normalized spacial score (nSPS) is 10.2. The van der Waals surface area contributed by atoms with Crippen LogP contribution in [0.2, 0.25) is 0 Å². The van der Waals surface area contributed by atoms with E-state index in [1.54, 1.807) is 0 Å². The molecule has 4 nitrogen and oxygen atoms in total. The van der Waals surface area contributed by atoms with Crippen LogP contribution in [-0.2, 0) is 11.2 Å². The Morgan fingerprint density at radius 1 is 1.69 bits per heavy atom. The van der Waals surface area contributed by atoms with Gasteiger partial charge in [-0.3, -0.25) is 4.79 Å². The van der Waals surface area contributed by atoms with E-state index in [4.69, 9.17) is 10.4 Å². The molecular weight excluding hydrogens is 218 g/mol. The third-order valence-electron chi connectivity index (χ3n) is 2.01. The van der Waals surface area contributed by atoms with Crippen molar-refractivity contribution in [2.24, 2.45) is 0 Å². The molecule has 0 aromatic carbocycles. The summed E-state index contributed by atoms with van der Waals surface area (Å²) in [5.41, 5.74) is -0.406. The number of carboxylic acids is 1. The third kappa shape index (κ3) is 2.51. The highest BCUT2D eigenvalue weighted by Crippen LogP contribution is 2.23. The second kappa shape index (κ2) is 4.66. The first-order chi connectivity index (χ1) is 7.45. The van der Waals surface area contributed by atoms with E-state index >= 15 is 0 Å². The lowest BCUT2D eigenvalue weighted by molar-refractivity contribution is -0.136. The second-order valence-electron chi connectivity index (χ2n) is 3.17. The fraction of sp³-hybridized carbons (Fsp3) is 0.300. The first kappa shape index (κ1) is 12.0. The number of hydrogen-bond donors (Lipinski definition) is 1. The molecule has 16 heavy (non-hydrogen) atoms. The quantitative estimate of drug-likeness (QED) is 0.853. The molecule has 0 fully saturated rings. The zero-order valence-electron chi connectivity index (χ0n) is 8.37. The molecule has 0 spiro atoms. The van der Waals surface area contributed by atoms with E-state index in [0.29, 0.717) is 5.56 Å². The Hall–Kier alpha value is -2.03. The number of alkyl halides is 2. The fourth-order valence-corrected chi connectivity index (χ4v) is 1.25. The van der Waals surface area contributed by atoms with E-state index in [1.165, 1.54) is 13.0 Å². The predicted octanol–water partition coefficient (Wildman–Crippen LogP) is 1.83. The molecule has 0 saturated carbocycles. The Bertz CT molecular complexity index is 467. The number of aryl methyl sites for hydroxylation is 1. The predicted molar refractivity (Wildman–Crippen MR) is 50.0 cm³/mol. The Kier molecular flexibility index (Phi) is 3.51. The Labute approximate surface area is 90.2 Å². The van der Waals surface area contributed by atoms with Gasteiger partial charge in [0, 0.05) is 0 Å². The van der Waals surface area contributed by atoms with Crippen LogP contribution in [0.15, 0.2) is 6.07 Å². The van der Waals surface area contributed by atoms with E-state index in [9.17, 15) is 13.6 Å². The molecular formula is C10H8F2N2O2. The van der Waals surface area contributed by atoms with Gasteiger partial charge in [-0.25, -0.2) is 13.8 Å². The number of rotatable bonds is 3. The summed E-state index contributed by atoms with van der Waals surface area (Å²) in [6, 6.07) is 2.64. The van der Waals surface area contributed by atoms with Gasteiger partial charge >= 0.3 is 5.97 Å². The SMILES string of the molecule is Cc1cc(C(F)F)c(C#N)nc1CC(=O)O. The van der Waals surface area contributed by atoms with Crippen molar-refractivity contribution in [1.82, 2.24) is 4.98 Å². The monoisotopic (exact) mass is 226 g/mol. The van der Waals surface area contributed by atoms with Crippen molar-refractivity contribution in [3.8, 4) is 6.07 Å². The standard InChI is InChI=1S/C10H8F2N2O2/c1-5-2-6(10(11)12)8(4-13)14-7(5)3-9(15)16/h2,10H,3H2,1H3,(H,15,16). The molecule has 0 bridgehead atoms. The van der Waals surface area contributed by atoms with Crippen molar-refractivity contribution in [2.45, 2.75) is 19.8 Å². The fourth-order valence-electron chi connectivity index (χ4n) is 1.25. The molecule has 0 aliphatic rings. The molecule has 0 saturated heterocycles. The highest BCUT2D eigenvalue weighted by atomic mass is 19.3. The zero-order valence-corrected chi connectivity index (χ0v) is 8.37. The van der Waals surface area contributed by atoms with Crippen LogP contribution < -0.4 is 0 Å². The number of hydrogen-bond acceptors (Lipinski definition) is 3. The van der Waals surface area contributed by atoms with E-state index < -0.39 is 23.7 Å². The number of aliphatic carboxylic acids is 1. The van der Waals surface area contributed by atoms with E-state index in [0.717, 1.165) is 6.07 Å². The van der Waals surface area contributed by atoms with E-state index in [1.807, 2.05) is 0 Å². The van der Waals surface area contributed by atoms with Crippen LogP contribution in [-0.4, -0.2) is 16.1 Å². The largest absolute Gasteiger partial charge is 0.481 e. The minimum Gasteiger partial charge on any atom is -0.481 e. The summed E-state index contributed by atoms with van der Waals surface area (Å²) in [4.78, 5) is 14.1. The summed E-state index contributed by atoms with van der Waals surface area (Å²) in [7, 11) is 0. The second-order valence-corrected chi connectivity index (χ2v) is 3.17. The van der Waals surface area contributed by atoms with Gasteiger partial charge < -0.3 is 5.11 Å². The molecule has 1 N–H and O–H groups in total. The molecule has 6 heteroatoms. The maximum Gasteiger partial charge on any atom is 0.309 e. The summed E-state index contributed by atoms with van der Waals surface area (Å²) in [5, 5.41) is 17.2. The number of aromatic nitrogens is 1. The summed E-state index contributed by atoms with van der Waals surface area (Å²) in [5.74, 6) is -1.12. The highest BCUT2D eigenvalue weighted by Gasteiger charge is 2.17. The lowest BCUT2D eigenvalue weighted by Crippen LogP contribution is -2.07. The van der Waals surface area contributed by atoms with Crippen molar-refractivity contribution >= 4 is 5.97 Å². The third-order valence-corrected chi connectivity index (χ3v) is 2.01. The van der Waals surface area contributed by atoms with Crippen LogP contribution in [0.1, 0.15) is 28.9 Å². The average Bonchev–Trinajstić information content (AvgIpc) is 2.19. The molecule has 1 rings (SSSR count). The molecule has 0 aliphatic heterocycles. The Morgan fingerprint density at radius 2 is 2.31 bits per heavy atom. The average molecular weight is 226 g/mol. The van der Waals surface area contributed by atoms with Gasteiger partial charge in [-0.05, 0) is 18.6 Å².